The van der Waals surface area contributed by atoms with Crippen molar-refractivity contribution in [1.82, 2.24) is 15.6 Å². The minimum Gasteiger partial charge on any atom is -0.357 e. The van der Waals surface area contributed by atoms with E-state index in [2.05, 4.69) is 27.5 Å². The maximum atomic E-state index is 13.5. The normalized spacial score (nSPS) is 16.0. The fraction of sp³-hybridized carbons (Fsp3) is 0.444. The summed E-state index contributed by atoms with van der Waals surface area (Å²) >= 11 is 1.63. The van der Waals surface area contributed by atoms with Gasteiger partial charge in [-0.1, -0.05) is 12.1 Å². The number of nitrogens with one attached hydrogen (secondary N) is 2. The monoisotopic (exact) mass is 346 g/mol. The summed E-state index contributed by atoms with van der Waals surface area (Å²) < 4.78 is 13.5. The molecule has 2 aromatic rings. The van der Waals surface area contributed by atoms with Gasteiger partial charge < -0.3 is 10.6 Å². The molecule has 0 radical (unpaired) electrons. The number of halogens is 1. The van der Waals surface area contributed by atoms with Crippen LogP contribution in [0.1, 0.15) is 35.9 Å². The summed E-state index contributed by atoms with van der Waals surface area (Å²) in [6, 6.07) is 6.95. The van der Waals surface area contributed by atoms with Crippen LogP contribution >= 0.6 is 11.3 Å². The molecule has 0 atom stereocenters. The fourth-order valence-electron chi connectivity index (χ4n) is 2.76. The summed E-state index contributed by atoms with van der Waals surface area (Å²) in [5.41, 5.74) is 4.00. The first-order chi connectivity index (χ1) is 11.6. The number of nitrogens with zero attached hydrogens (tertiary/aromatic N) is 2. The van der Waals surface area contributed by atoms with Crippen LogP contribution in [0.15, 0.2) is 34.8 Å². The van der Waals surface area contributed by atoms with E-state index >= 15 is 0 Å². The molecule has 1 saturated carbocycles. The fourth-order valence-corrected chi connectivity index (χ4v) is 3.46. The van der Waals surface area contributed by atoms with Gasteiger partial charge in [0.15, 0.2) is 5.96 Å². The highest BCUT2D eigenvalue weighted by Gasteiger charge is 2.44. The highest BCUT2D eigenvalue weighted by atomic mass is 32.1. The van der Waals surface area contributed by atoms with E-state index in [0.717, 1.165) is 43.1 Å². The average molecular weight is 346 g/mol. The molecule has 128 valence electrons. The van der Waals surface area contributed by atoms with Crippen LogP contribution in [0.25, 0.3) is 0 Å². The number of aromatic nitrogens is 1. The van der Waals surface area contributed by atoms with E-state index in [1.165, 1.54) is 10.9 Å². The molecule has 0 bridgehead atoms. The molecule has 1 fully saturated rings. The number of hydrogen-bond donors (Lipinski definition) is 2. The topological polar surface area (TPSA) is 49.3 Å². The van der Waals surface area contributed by atoms with Crippen molar-refractivity contribution in [2.45, 2.75) is 38.6 Å². The number of guanidine groups is 1. The van der Waals surface area contributed by atoms with Gasteiger partial charge in [-0.05, 0) is 44.4 Å². The molecule has 0 unspecified atom stereocenters. The van der Waals surface area contributed by atoms with Crippen LogP contribution in [0, 0.1) is 12.7 Å². The summed E-state index contributed by atoms with van der Waals surface area (Å²) in [4.78, 5) is 10.1. The number of rotatable bonds is 6. The summed E-state index contributed by atoms with van der Waals surface area (Å²) in [5.74, 6) is 0.632. The zero-order chi connectivity index (χ0) is 17.0. The second-order valence-corrected chi connectivity index (χ2v) is 7.14. The van der Waals surface area contributed by atoms with Crippen molar-refractivity contribution in [3.05, 3.63) is 51.7 Å². The SMILES string of the molecule is CCNC(=NCc1scnc1C)NCC1(c2cccc(F)c2)CC1. The minimum atomic E-state index is -0.167. The van der Waals surface area contributed by atoms with Crippen LogP contribution in [-0.2, 0) is 12.0 Å². The lowest BCUT2D eigenvalue weighted by atomic mass is 9.96. The Morgan fingerprint density at radius 1 is 1.38 bits per heavy atom. The maximum absolute atomic E-state index is 13.5. The molecular formula is C18H23FN4S. The molecule has 1 aliphatic rings. The largest absolute Gasteiger partial charge is 0.357 e. The standard InChI is InChI=1S/C18H23FN4S/c1-3-20-17(21-10-16-13(2)23-12-24-16)22-11-18(7-8-18)14-5-4-6-15(19)9-14/h4-6,9,12H,3,7-8,10-11H2,1-2H3,(H2,20,21,22). The van der Waals surface area contributed by atoms with Gasteiger partial charge in [-0.3, -0.25) is 0 Å². The predicted molar refractivity (Wildman–Crippen MR) is 97.0 cm³/mol. The summed E-state index contributed by atoms with van der Waals surface area (Å²) in [5, 5.41) is 6.70. The molecule has 3 rings (SSSR count). The lowest BCUT2D eigenvalue weighted by molar-refractivity contribution is 0.607. The van der Waals surface area contributed by atoms with Crippen molar-refractivity contribution in [3.63, 3.8) is 0 Å². The van der Waals surface area contributed by atoms with Gasteiger partial charge in [0.1, 0.15) is 5.82 Å². The van der Waals surface area contributed by atoms with Crippen LogP contribution in [0.5, 0.6) is 0 Å². The van der Waals surface area contributed by atoms with Crippen LogP contribution < -0.4 is 10.6 Å². The average Bonchev–Trinajstić information content (AvgIpc) is 3.26. The maximum Gasteiger partial charge on any atom is 0.191 e. The van der Waals surface area contributed by atoms with Gasteiger partial charge in [-0.15, -0.1) is 11.3 Å². The third kappa shape index (κ3) is 3.93. The summed E-state index contributed by atoms with van der Waals surface area (Å²) in [7, 11) is 0. The third-order valence-electron chi connectivity index (χ3n) is 4.45. The molecule has 1 aromatic heterocycles. The molecule has 0 aliphatic heterocycles. The molecule has 0 saturated heterocycles. The van der Waals surface area contributed by atoms with Crippen molar-refractivity contribution in [2.24, 2.45) is 4.99 Å². The van der Waals surface area contributed by atoms with E-state index in [4.69, 9.17) is 0 Å². The molecule has 24 heavy (non-hydrogen) atoms. The van der Waals surface area contributed by atoms with E-state index in [1.807, 2.05) is 18.5 Å². The molecule has 2 N–H and O–H groups in total. The Labute approximate surface area is 146 Å². The quantitative estimate of drug-likeness (QED) is 0.623. The van der Waals surface area contributed by atoms with Crippen molar-refractivity contribution in [2.75, 3.05) is 13.1 Å². The van der Waals surface area contributed by atoms with E-state index in [9.17, 15) is 4.39 Å². The van der Waals surface area contributed by atoms with E-state index in [0.29, 0.717) is 6.54 Å². The molecule has 0 spiro atoms. The van der Waals surface area contributed by atoms with Gasteiger partial charge >= 0.3 is 0 Å². The first-order valence-electron chi connectivity index (χ1n) is 8.30. The zero-order valence-electron chi connectivity index (χ0n) is 14.1. The Kier molecular flexibility index (Phi) is 5.14. The lowest BCUT2D eigenvalue weighted by Gasteiger charge is -2.19. The van der Waals surface area contributed by atoms with Crippen LogP contribution in [-0.4, -0.2) is 24.0 Å². The summed E-state index contributed by atoms with van der Waals surface area (Å²) in [6.45, 7) is 6.25. The van der Waals surface area contributed by atoms with Gasteiger partial charge in [0.05, 0.1) is 17.7 Å². The van der Waals surface area contributed by atoms with E-state index in [1.54, 1.807) is 23.5 Å². The highest BCUT2D eigenvalue weighted by Crippen LogP contribution is 2.47. The molecule has 1 aromatic carbocycles. The molecule has 6 heteroatoms. The van der Waals surface area contributed by atoms with Gasteiger partial charge in [-0.25, -0.2) is 14.4 Å². The second kappa shape index (κ2) is 7.30. The molecule has 0 amide bonds. The third-order valence-corrected chi connectivity index (χ3v) is 5.37. The van der Waals surface area contributed by atoms with E-state index < -0.39 is 0 Å². The van der Waals surface area contributed by atoms with Gasteiger partial charge in [0.25, 0.3) is 0 Å². The predicted octanol–water partition coefficient (Wildman–Crippen LogP) is 3.38. The second-order valence-electron chi connectivity index (χ2n) is 6.20. The van der Waals surface area contributed by atoms with Crippen molar-refractivity contribution < 1.29 is 4.39 Å². The summed E-state index contributed by atoms with van der Waals surface area (Å²) in [6.07, 6.45) is 2.16. The lowest BCUT2D eigenvalue weighted by Crippen LogP contribution is -2.41. The zero-order valence-corrected chi connectivity index (χ0v) is 14.9. The Hall–Kier alpha value is -1.95. The van der Waals surface area contributed by atoms with Gasteiger partial charge in [0, 0.05) is 23.4 Å². The van der Waals surface area contributed by atoms with Crippen molar-refractivity contribution in [3.8, 4) is 0 Å². The van der Waals surface area contributed by atoms with Crippen LogP contribution in [0.2, 0.25) is 0 Å². The number of hydrogen-bond acceptors (Lipinski definition) is 3. The Bertz CT molecular complexity index is 721. The number of benzene rings is 1. The van der Waals surface area contributed by atoms with E-state index in [-0.39, 0.29) is 11.2 Å². The van der Waals surface area contributed by atoms with Crippen LogP contribution in [0.3, 0.4) is 0 Å². The molecule has 4 nitrogen and oxygen atoms in total. The van der Waals surface area contributed by atoms with Crippen LogP contribution in [0.4, 0.5) is 4.39 Å². The minimum absolute atomic E-state index is 0.0404. The number of thiazole rings is 1. The Morgan fingerprint density at radius 2 is 2.21 bits per heavy atom. The van der Waals surface area contributed by atoms with Gasteiger partial charge in [-0.2, -0.15) is 0 Å². The molecule has 1 heterocycles. The smallest absolute Gasteiger partial charge is 0.191 e. The Morgan fingerprint density at radius 3 is 2.83 bits per heavy atom. The first kappa shape index (κ1) is 16.9. The highest BCUT2D eigenvalue weighted by molar-refractivity contribution is 7.09. The first-order valence-corrected chi connectivity index (χ1v) is 9.18. The Balaban J connectivity index is 1.65. The number of aryl methyl sites for hydroxylation is 1. The number of aliphatic imine (C=N–C) groups is 1. The molecule has 1 aliphatic carbocycles. The van der Waals surface area contributed by atoms with Crippen molar-refractivity contribution in [1.29, 1.82) is 0 Å². The van der Waals surface area contributed by atoms with Crippen molar-refractivity contribution >= 4 is 17.3 Å². The van der Waals surface area contributed by atoms with Gasteiger partial charge in [0.2, 0.25) is 0 Å². The molecular weight excluding hydrogens is 323 g/mol.